The van der Waals surface area contributed by atoms with Crippen molar-refractivity contribution < 1.29 is 9.53 Å². The van der Waals surface area contributed by atoms with E-state index in [0.717, 1.165) is 12.0 Å². The minimum atomic E-state index is -0.149. The van der Waals surface area contributed by atoms with Crippen LogP contribution in [-0.4, -0.2) is 19.1 Å². The quantitative estimate of drug-likeness (QED) is 0.808. The minimum absolute atomic E-state index is 0.0468. The first-order valence-electron chi connectivity index (χ1n) is 6.41. The first-order chi connectivity index (χ1) is 9.04. The van der Waals surface area contributed by atoms with E-state index < -0.39 is 0 Å². The van der Waals surface area contributed by atoms with Gasteiger partial charge in [0.15, 0.2) is 6.61 Å². The highest BCUT2D eigenvalue weighted by atomic mass is 35.5. The number of amides is 1. The smallest absolute Gasteiger partial charge is 0.257 e. The van der Waals surface area contributed by atoms with Gasteiger partial charge in [0.1, 0.15) is 5.75 Å². The zero-order valence-corrected chi connectivity index (χ0v) is 12.2. The van der Waals surface area contributed by atoms with E-state index in [2.05, 4.69) is 19.2 Å². The average molecular weight is 285 g/mol. The molecule has 0 saturated heterocycles. The number of rotatable bonds is 7. The molecule has 5 heteroatoms. The molecule has 0 radical (unpaired) electrons. The molecule has 1 rings (SSSR count). The Balaban J connectivity index is 2.46. The molecule has 0 saturated carbocycles. The summed E-state index contributed by atoms with van der Waals surface area (Å²) < 4.78 is 5.45. The molecule has 106 valence electrons. The van der Waals surface area contributed by atoms with Gasteiger partial charge in [0.05, 0.1) is 5.02 Å². The van der Waals surface area contributed by atoms with Crippen LogP contribution in [0.25, 0.3) is 0 Å². The molecule has 0 aliphatic heterocycles. The van der Waals surface area contributed by atoms with Crippen LogP contribution in [0.1, 0.15) is 25.8 Å². The number of nitrogens with two attached hydrogens (primary N) is 1. The number of hydrogen-bond donors (Lipinski definition) is 2. The number of carbonyl (C=O) groups is 1. The lowest BCUT2D eigenvalue weighted by Crippen LogP contribution is -2.30. The predicted molar refractivity (Wildman–Crippen MR) is 77.3 cm³/mol. The molecule has 3 N–H and O–H groups in total. The molecule has 0 bridgehead atoms. The highest BCUT2D eigenvalue weighted by Crippen LogP contribution is 2.28. The number of hydrogen-bond acceptors (Lipinski definition) is 3. The van der Waals surface area contributed by atoms with Gasteiger partial charge in [0.2, 0.25) is 0 Å². The summed E-state index contributed by atoms with van der Waals surface area (Å²) in [6.45, 7) is 5.16. The van der Waals surface area contributed by atoms with E-state index in [0.29, 0.717) is 29.8 Å². The Kier molecular flexibility index (Phi) is 6.67. The molecule has 0 heterocycles. The maximum Gasteiger partial charge on any atom is 0.257 e. The van der Waals surface area contributed by atoms with Crippen molar-refractivity contribution in [3.63, 3.8) is 0 Å². The Morgan fingerprint density at radius 3 is 2.84 bits per heavy atom. The molecule has 0 fully saturated rings. The first-order valence-corrected chi connectivity index (χ1v) is 6.79. The average Bonchev–Trinajstić information content (AvgIpc) is 2.36. The lowest BCUT2D eigenvalue weighted by molar-refractivity contribution is -0.123. The van der Waals surface area contributed by atoms with Gasteiger partial charge in [-0.2, -0.15) is 0 Å². The maximum atomic E-state index is 11.6. The molecule has 0 aliphatic rings. The summed E-state index contributed by atoms with van der Waals surface area (Å²) in [5.41, 5.74) is 6.39. The molecule has 0 unspecified atom stereocenters. The van der Waals surface area contributed by atoms with E-state index in [1.807, 2.05) is 6.07 Å². The SMILES string of the molecule is CC(C)CCNC(=O)COc1c(Cl)cccc1CN. The van der Waals surface area contributed by atoms with Gasteiger partial charge in [-0.25, -0.2) is 0 Å². The van der Waals surface area contributed by atoms with Gasteiger partial charge in [0, 0.05) is 18.7 Å². The second-order valence-electron chi connectivity index (χ2n) is 4.75. The fourth-order valence-electron chi connectivity index (χ4n) is 1.56. The van der Waals surface area contributed by atoms with Crippen LogP contribution in [0, 0.1) is 5.92 Å². The number of para-hydroxylation sites is 1. The number of nitrogens with one attached hydrogen (secondary N) is 1. The van der Waals surface area contributed by atoms with Crippen LogP contribution in [0.3, 0.4) is 0 Å². The second-order valence-corrected chi connectivity index (χ2v) is 5.16. The van der Waals surface area contributed by atoms with Crippen molar-refractivity contribution in [3.05, 3.63) is 28.8 Å². The monoisotopic (exact) mass is 284 g/mol. The van der Waals surface area contributed by atoms with E-state index in [4.69, 9.17) is 22.1 Å². The molecule has 0 aliphatic carbocycles. The lowest BCUT2D eigenvalue weighted by atomic mass is 10.1. The minimum Gasteiger partial charge on any atom is -0.482 e. The predicted octanol–water partition coefficient (Wildman–Crippen LogP) is 2.34. The standard InChI is InChI=1S/C14H21ClN2O2/c1-10(2)6-7-17-13(18)9-19-14-11(8-16)4-3-5-12(14)15/h3-5,10H,6-9,16H2,1-2H3,(H,17,18). The van der Waals surface area contributed by atoms with Crippen molar-refractivity contribution >= 4 is 17.5 Å². The Bertz CT molecular complexity index is 422. The third-order valence-electron chi connectivity index (χ3n) is 2.66. The number of benzene rings is 1. The van der Waals surface area contributed by atoms with Crippen LogP contribution in [0.2, 0.25) is 5.02 Å². The molecule has 1 aromatic rings. The summed E-state index contributed by atoms with van der Waals surface area (Å²) in [5.74, 6) is 0.905. The van der Waals surface area contributed by atoms with Gasteiger partial charge in [-0.15, -0.1) is 0 Å². The van der Waals surface area contributed by atoms with Gasteiger partial charge in [-0.1, -0.05) is 37.6 Å². The van der Waals surface area contributed by atoms with E-state index >= 15 is 0 Å². The van der Waals surface area contributed by atoms with E-state index in [9.17, 15) is 4.79 Å². The maximum absolute atomic E-state index is 11.6. The van der Waals surface area contributed by atoms with Crippen LogP contribution in [0.5, 0.6) is 5.75 Å². The Morgan fingerprint density at radius 2 is 2.21 bits per heavy atom. The molecule has 1 amide bonds. The van der Waals surface area contributed by atoms with Gasteiger partial charge in [0.25, 0.3) is 5.91 Å². The van der Waals surface area contributed by atoms with Crippen molar-refractivity contribution in [2.75, 3.05) is 13.2 Å². The van der Waals surface area contributed by atoms with Crippen molar-refractivity contribution in [2.24, 2.45) is 11.7 Å². The highest BCUT2D eigenvalue weighted by molar-refractivity contribution is 6.32. The number of ether oxygens (including phenoxy) is 1. The van der Waals surface area contributed by atoms with Crippen molar-refractivity contribution in [2.45, 2.75) is 26.8 Å². The fraction of sp³-hybridized carbons (Fsp3) is 0.500. The van der Waals surface area contributed by atoms with Crippen LogP contribution >= 0.6 is 11.6 Å². The van der Waals surface area contributed by atoms with E-state index in [1.165, 1.54) is 0 Å². The molecule has 1 aromatic carbocycles. The number of halogens is 1. The molecule has 0 atom stereocenters. The normalized spacial score (nSPS) is 10.6. The van der Waals surface area contributed by atoms with E-state index in [-0.39, 0.29) is 12.5 Å². The van der Waals surface area contributed by atoms with Gasteiger partial charge >= 0.3 is 0 Å². The van der Waals surface area contributed by atoms with Crippen molar-refractivity contribution in [1.29, 1.82) is 0 Å². The molecule has 4 nitrogen and oxygen atoms in total. The summed E-state index contributed by atoms with van der Waals surface area (Å²) in [5, 5.41) is 3.27. The van der Waals surface area contributed by atoms with Crippen LogP contribution < -0.4 is 15.8 Å². The Morgan fingerprint density at radius 1 is 1.47 bits per heavy atom. The van der Waals surface area contributed by atoms with Crippen LogP contribution in [-0.2, 0) is 11.3 Å². The van der Waals surface area contributed by atoms with Gasteiger partial charge in [-0.3, -0.25) is 4.79 Å². The summed E-state index contributed by atoms with van der Waals surface area (Å²) in [4.78, 5) is 11.6. The zero-order valence-electron chi connectivity index (χ0n) is 11.4. The molecule has 19 heavy (non-hydrogen) atoms. The Hall–Kier alpha value is -1.26. The Labute approximate surface area is 119 Å². The van der Waals surface area contributed by atoms with E-state index in [1.54, 1.807) is 12.1 Å². The summed E-state index contributed by atoms with van der Waals surface area (Å²) >= 11 is 6.03. The third kappa shape index (κ3) is 5.49. The molecule has 0 aromatic heterocycles. The second kappa shape index (κ2) is 8.02. The van der Waals surface area contributed by atoms with Crippen LogP contribution in [0.4, 0.5) is 0 Å². The molecule has 0 spiro atoms. The highest BCUT2D eigenvalue weighted by Gasteiger charge is 2.09. The van der Waals surface area contributed by atoms with Gasteiger partial charge < -0.3 is 15.8 Å². The first kappa shape index (κ1) is 15.8. The van der Waals surface area contributed by atoms with Crippen molar-refractivity contribution in [3.8, 4) is 5.75 Å². The van der Waals surface area contributed by atoms with Crippen LogP contribution in [0.15, 0.2) is 18.2 Å². The third-order valence-corrected chi connectivity index (χ3v) is 2.96. The lowest BCUT2D eigenvalue weighted by Gasteiger charge is -2.12. The zero-order chi connectivity index (χ0) is 14.3. The number of carbonyl (C=O) groups excluding carboxylic acids is 1. The van der Waals surface area contributed by atoms with Crippen molar-refractivity contribution in [1.82, 2.24) is 5.32 Å². The molecular weight excluding hydrogens is 264 g/mol. The largest absolute Gasteiger partial charge is 0.482 e. The van der Waals surface area contributed by atoms with Gasteiger partial charge in [-0.05, 0) is 18.4 Å². The summed E-state index contributed by atoms with van der Waals surface area (Å²) in [6.07, 6.45) is 0.950. The topological polar surface area (TPSA) is 64.3 Å². The molecular formula is C14H21ClN2O2. The summed E-state index contributed by atoms with van der Waals surface area (Å²) in [7, 11) is 0. The fourth-order valence-corrected chi connectivity index (χ4v) is 1.81. The summed E-state index contributed by atoms with van der Waals surface area (Å²) in [6, 6.07) is 5.35.